The van der Waals surface area contributed by atoms with E-state index in [4.69, 9.17) is 10.9 Å². The summed E-state index contributed by atoms with van der Waals surface area (Å²) in [6.07, 6.45) is 0.465. The lowest BCUT2D eigenvalue weighted by Crippen LogP contribution is -2.37. The number of sulfone groups is 1. The zero-order valence-electron chi connectivity index (χ0n) is 11.6. The van der Waals surface area contributed by atoms with Gasteiger partial charge in [0.2, 0.25) is 0 Å². The maximum absolute atomic E-state index is 12.3. The van der Waals surface area contributed by atoms with Crippen molar-refractivity contribution in [3.8, 4) is 0 Å². The highest BCUT2D eigenvalue weighted by molar-refractivity contribution is 7.91. The average Bonchev–Trinajstić information content (AvgIpc) is 2.85. The maximum Gasteiger partial charge on any atom is 0.253 e. The Labute approximate surface area is 123 Å². The number of carbonyl (C=O) groups is 1. The molecular weight excluding hydrogens is 294 g/mol. The molecular formula is C13H17N3O4S. The standard InChI is InChI=1S/C13H17N3O4S/c1-16(11-6-7-21(19,20)8-11)13(17)10-4-2-9(3-5-10)12(14)15-18/h2-5,11,18H,6-8H2,1H3,(H2,14,15). The molecule has 1 aromatic rings. The van der Waals surface area contributed by atoms with E-state index < -0.39 is 9.84 Å². The van der Waals surface area contributed by atoms with Crippen LogP contribution >= 0.6 is 0 Å². The van der Waals surface area contributed by atoms with Crippen LogP contribution in [0.15, 0.2) is 29.4 Å². The van der Waals surface area contributed by atoms with E-state index in [-0.39, 0.29) is 29.3 Å². The molecule has 0 saturated carbocycles. The predicted molar refractivity (Wildman–Crippen MR) is 78.1 cm³/mol. The second-order valence-electron chi connectivity index (χ2n) is 5.04. The van der Waals surface area contributed by atoms with Gasteiger partial charge in [0.15, 0.2) is 15.7 Å². The van der Waals surface area contributed by atoms with Gasteiger partial charge < -0.3 is 15.8 Å². The number of oxime groups is 1. The minimum Gasteiger partial charge on any atom is -0.409 e. The van der Waals surface area contributed by atoms with Gasteiger partial charge >= 0.3 is 0 Å². The van der Waals surface area contributed by atoms with Crippen LogP contribution in [0, 0.1) is 0 Å². The molecule has 1 saturated heterocycles. The van der Waals surface area contributed by atoms with Crippen LogP contribution in [-0.4, -0.2) is 54.9 Å². The Morgan fingerprint density at radius 3 is 2.38 bits per heavy atom. The van der Waals surface area contributed by atoms with Gasteiger partial charge in [0.25, 0.3) is 5.91 Å². The Morgan fingerprint density at radius 1 is 1.33 bits per heavy atom. The van der Waals surface area contributed by atoms with Crippen LogP contribution in [0.25, 0.3) is 0 Å². The minimum absolute atomic E-state index is 0.0114. The normalized spacial score (nSPS) is 21.2. The number of carbonyl (C=O) groups excluding carboxylic acids is 1. The highest BCUT2D eigenvalue weighted by Crippen LogP contribution is 2.18. The Balaban J connectivity index is 2.13. The van der Waals surface area contributed by atoms with Crippen molar-refractivity contribution in [3.05, 3.63) is 35.4 Å². The van der Waals surface area contributed by atoms with Gasteiger partial charge in [-0.05, 0) is 18.6 Å². The summed E-state index contributed by atoms with van der Waals surface area (Å²) < 4.78 is 22.9. The average molecular weight is 311 g/mol. The summed E-state index contributed by atoms with van der Waals surface area (Å²) in [5.41, 5.74) is 6.37. The van der Waals surface area contributed by atoms with E-state index in [2.05, 4.69) is 5.16 Å². The maximum atomic E-state index is 12.3. The molecule has 0 aromatic heterocycles. The number of amidine groups is 1. The lowest BCUT2D eigenvalue weighted by atomic mass is 10.1. The molecule has 114 valence electrons. The smallest absolute Gasteiger partial charge is 0.253 e. The molecule has 1 fully saturated rings. The summed E-state index contributed by atoms with van der Waals surface area (Å²) in [7, 11) is -1.43. The number of amides is 1. The molecule has 0 aliphatic carbocycles. The van der Waals surface area contributed by atoms with E-state index in [0.29, 0.717) is 17.5 Å². The molecule has 1 heterocycles. The Hall–Kier alpha value is -2.09. The highest BCUT2D eigenvalue weighted by Gasteiger charge is 2.32. The third kappa shape index (κ3) is 3.33. The first-order valence-corrected chi connectivity index (χ1v) is 8.22. The molecule has 1 unspecified atom stereocenters. The summed E-state index contributed by atoms with van der Waals surface area (Å²) in [6, 6.07) is 5.99. The summed E-state index contributed by atoms with van der Waals surface area (Å²) in [6.45, 7) is 0. The Bertz CT molecular complexity index is 667. The van der Waals surface area contributed by atoms with E-state index in [1.54, 1.807) is 31.3 Å². The fourth-order valence-electron chi connectivity index (χ4n) is 2.29. The van der Waals surface area contributed by atoms with Crippen molar-refractivity contribution >= 4 is 21.6 Å². The zero-order valence-corrected chi connectivity index (χ0v) is 12.4. The number of nitrogens with two attached hydrogens (primary N) is 1. The van der Waals surface area contributed by atoms with Crippen LogP contribution in [0.3, 0.4) is 0 Å². The van der Waals surface area contributed by atoms with Gasteiger partial charge in [-0.15, -0.1) is 0 Å². The van der Waals surface area contributed by atoms with E-state index in [1.165, 1.54) is 4.90 Å². The Kier molecular flexibility index (Phi) is 4.17. The number of rotatable bonds is 3. The summed E-state index contributed by atoms with van der Waals surface area (Å²) in [5.74, 6) is -0.151. The molecule has 2 rings (SSSR count). The van der Waals surface area contributed by atoms with Crippen molar-refractivity contribution in [2.45, 2.75) is 12.5 Å². The van der Waals surface area contributed by atoms with Crippen LogP contribution in [-0.2, 0) is 9.84 Å². The fourth-order valence-corrected chi connectivity index (χ4v) is 4.07. The molecule has 0 radical (unpaired) electrons. The van der Waals surface area contributed by atoms with E-state index in [0.717, 1.165) is 0 Å². The summed E-state index contributed by atoms with van der Waals surface area (Å²) in [5, 5.41) is 11.5. The first-order valence-electron chi connectivity index (χ1n) is 6.39. The second kappa shape index (κ2) is 5.72. The first-order chi connectivity index (χ1) is 9.84. The number of hydrogen-bond acceptors (Lipinski definition) is 5. The SMILES string of the molecule is CN(C(=O)c1ccc(/C(N)=N/O)cc1)C1CCS(=O)(=O)C1. The van der Waals surface area contributed by atoms with Crippen molar-refractivity contribution < 1.29 is 18.4 Å². The number of benzene rings is 1. The largest absolute Gasteiger partial charge is 0.409 e. The third-order valence-electron chi connectivity index (χ3n) is 3.61. The number of hydrogen-bond donors (Lipinski definition) is 2. The molecule has 7 nitrogen and oxygen atoms in total. The molecule has 1 atom stereocenters. The van der Waals surface area contributed by atoms with Gasteiger partial charge in [-0.2, -0.15) is 0 Å². The monoisotopic (exact) mass is 311 g/mol. The second-order valence-corrected chi connectivity index (χ2v) is 7.26. The minimum atomic E-state index is -3.03. The van der Waals surface area contributed by atoms with E-state index >= 15 is 0 Å². The van der Waals surface area contributed by atoms with Gasteiger partial charge in [0.05, 0.1) is 11.5 Å². The van der Waals surface area contributed by atoms with Crippen LogP contribution in [0.2, 0.25) is 0 Å². The van der Waals surface area contributed by atoms with Crippen LogP contribution in [0.1, 0.15) is 22.3 Å². The van der Waals surface area contributed by atoms with E-state index in [9.17, 15) is 13.2 Å². The van der Waals surface area contributed by atoms with Gasteiger partial charge in [-0.1, -0.05) is 17.3 Å². The highest BCUT2D eigenvalue weighted by atomic mass is 32.2. The van der Waals surface area contributed by atoms with Gasteiger partial charge in [0.1, 0.15) is 0 Å². The van der Waals surface area contributed by atoms with Crippen molar-refractivity contribution in [1.29, 1.82) is 0 Å². The lowest BCUT2D eigenvalue weighted by molar-refractivity contribution is 0.0747. The molecule has 0 bridgehead atoms. The molecule has 1 aliphatic rings. The third-order valence-corrected chi connectivity index (χ3v) is 5.36. The van der Waals surface area contributed by atoms with Crippen LogP contribution in [0.4, 0.5) is 0 Å². The molecule has 1 amide bonds. The molecule has 1 aromatic carbocycles. The van der Waals surface area contributed by atoms with Crippen molar-refractivity contribution in [1.82, 2.24) is 4.90 Å². The first kappa shape index (κ1) is 15.3. The topological polar surface area (TPSA) is 113 Å². The molecule has 8 heteroatoms. The van der Waals surface area contributed by atoms with Crippen LogP contribution < -0.4 is 5.73 Å². The van der Waals surface area contributed by atoms with Crippen molar-refractivity contribution in [3.63, 3.8) is 0 Å². The van der Waals surface area contributed by atoms with Gasteiger partial charge in [0, 0.05) is 24.2 Å². The van der Waals surface area contributed by atoms with Crippen LogP contribution in [0.5, 0.6) is 0 Å². The molecule has 1 aliphatic heterocycles. The van der Waals surface area contributed by atoms with Gasteiger partial charge in [-0.3, -0.25) is 4.79 Å². The van der Waals surface area contributed by atoms with E-state index in [1.807, 2.05) is 0 Å². The Morgan fingerprint density at radius 2 is 1.90 bits per heavy atom. The summed E-state index contributed by atoms with van der Waals surface area (Å²) in [4.78, 5) is 13.8. The zero-order chi connectivity index (χ0) is 15.6. The fraction of sp³-hybridized carbons (Fsp3) is 0.385. The lowest BCUT2D eigenvalue weighted by Gasteiger charge is -2.23. The molecule has 0 spiro atoms. The number of nitrogens with zero attached hydrogens (tertiary/aromatic N) is 2. The quantitative estimate of drug-likeness (QED) is 0.354. The predicted octanol–water partition coefficient (Wildman–Crippen LogP) is 0.0402. The summed E-state index contributed by atoms with van der Waals surface area (Å²) >= 11 is 0. The molecule has 21 heavy (non-hydrogen) atoms. The van der Waals surface area contributed by atoms with Crippen molar-refractivity contribution in [2.24, 2.45) is 10.9 Å². The molecule has 3 N–H and O–H groups in total. The van der Waals surface area contributed by atoms with Gasteiger partial charge in [-0.25, -0.2) is 8.42 Å². The van der Waals surface area contributed by atoms with Crippen molar-refractivity contribution in [2.75, 3.05) is 18.6 Å².